The number of thioether (sulfide) groups is 2. The number of halogens is 2. The van der Waals surface area contributed by atoms with Crippen LogP contribution < -0.4 is 57.1 Å². The minimum absolute atomic E-state index is 0. The molecule has 0 aliphatic heterocycles. The highest BCUT2D eigenvalue weighted by molar-refractivity contribution is 7.99. The predicted octanol–water partition coefficient (Wildman–Crippen LogP) is 0.386. The van der Waals surface area contributed by atoms with Crippen molar-refractivity contribution in [2.24, 2.45) is 14.1 Å². The zero-order chi connectivity index (χ0) is 25.0. The van der Waals surface area contributed by atoms with Crippen molar-refractivity contribution in [2.45, 2.75) is 61.4 Å². The summed E-state index contributed by atoms with van der Waals surface area (Å²) in [7, 11) is 4.08. The van der Waals surface area contributed by atoms with E-state index in [1.54, 1.807) is 0 Å². The number of aryl methyl sites for hydroxylation is 2. The van der Waals surface area contributed by atoms with E-state index in [-0.39, 0.29) is 48.0 Å². The van der Waals surface area contributed by atoms with Crippen molar-refractivity contribution in [3.05, 3.63) is 49.1 Å². The molecule has 4 aromatic heterocycles. The van der Waals surface area contributed by atoms with E-state index in [0.717, 1.165) is 44.1 Å². The molecule has 4 aromatic rings. The molecule has 0 aliphatic carbocycles. The first kappa shape index (κ1) is 33.8. The van der Waals surface area contributed by atoms with E-state index in [2.05, 4.69) is 63.3 Å². The molecule has 4 heterocycles. The fraction of sp³-hybridized carbons (Fsp3) is 0.462. The maximum atomic E-state index is 4.52. The SMILES string of the molecule is C[n+]1cccc(-c2nsnc2SCCCCCCCCCCSc2nsnc2-c2ccc[n+](C)c2)c1.[I-].[I-]. The van der Waals surface area contributed by atoms with Crippen molar-refractivity contribution in [3.8, 4) is 22.5 Å². The highest BCUT2D eigenvalue weighted by Crippen LogP contribution is 2.30. The highest BCUT2D eigenvalue weighted by atomic mass is 127. The molecule has 0 spiro atoms. The van der Waals surface area contributed by atoms with Crippen molar-refractivity contribution < 1.29 is 57.1 Å². The molecule has 0 aliphatic rings. The highest BCUT2D eigenvalue weighted by Gasteiger charge is 2.14. The molecule has 0 N–H and O–H groups in total. The molecule has 0 unspecified atom stereocenters. The van der Waals surface area contributed by atoms with E-state index in [0.29, 0.717) is 0 Å². The lowest BCUT2D eigenvalue weighted by Gasteiger charge is -2.03. The second kappa shape index (κ2) is 18.8. The number of rotatable bonds is 15. The van der Waals surface area contributed by atoms with Gasteiger partial charge in [-0.1, -0.05) is 38.5 Å². The first-order valence-corrected chi connectivity index (χ1v) is 16.0. The van der Waals surface area contributed by atoms with Crippen molar-refractivity contribution in [3.63, 3.8) is 0 Å². The Labute approximate surface area is 277 Å². The zero-order valence-corrected chi connectivity index (χ0v) is 29.3. The molecular weight excluding hydrogens is 778 g/mol. The third-order valence-corrected chi connectivity index (χ3v) is 9.25. The van der Waals surface area contributed by atoms with Gasteiger partial charge in [0, 0.05) is 12.1 Å². The van der Waals surface area contributed by atoms with Gasteiger partial charge >= 0.3 is 0 Å². The Morgan fingerprint density at radius 2 is 1.00 bits per heavy atom. The quantitative estimate of drug-likeness (QED) is 0.0751. The van der Waals surface area contributed by atoms with E-state index >= 15 is 0 Å². The second-order valence-electron chi connectivity index (χ2n) is 8.88. The topological polar surface area (TPSA) is 59.3 Å². The minimum Gasteiger partial charge on any atom is -1.00 e. The Morgan fingerprint density at radius 1 is 0.605 bits per heavy atom. The lowest BCUT2D eigenvalue weighted by atomic mass is 10.1. The average molecular weight is 813 g/mol. The van der Waals surface area contributed by atoms with E-state index in [9.17, 15) is 0 Å². The average Bonchev–Trinajstić information content (AvgIpc) is 3.54. The number of pyridine rings is 2. The Bertz CT molecular complexity index is 1130. The summed E-state index contributed by atoms with van der Waals surface area (Å²) in [6.45, 7) is 0. The monoisotopic (exact) mass is 812 g/mol. The molecule has 0 saturated heterocycles. The molecule has 0 saturated carbocycles. The molecule has 6 nitrogen and oxygen atoms in total. The number of hydrogen-bond donors (Lipinski definition) is 0. The molecule has 0 radical (unpaired) electrons. The van der Waals surface area contributed by atoms with E-state index in [1.165, 1.54) is 74.8 Å². The molecule has 0 aromatic carbocycles. The van der Waals surface area contributed by atoms with Crippen LogP contribution in [0.2, 0.25) is 0 Å². The van der Waals surface area contributed by atoms with Crippen LogP contribution in [0.5, 0.6) is 0 Å². The summed E-state index contributed by atoms with van der Waals surface area (Å²) in [4.78, 5) is 0. The fourth-order valence-corrected chi connectivity index (χ4v) is 7.33. The van der Waals surface area contributed by atoms with Gasteiger partial charge in [0.15, 0.2) is 24.8 Å². The van der Waals surface area contributed by atoms with Crippen LogP contribution in [0, 0.1) is 0 Å². The van der Waals surface area contributed by atoms with Gasteiger partial charge in [0.25, 0.3) is 0 Å². The zero-order valence-electron chi connectivity index (χ0n) is 21.8. The number of hydrogen-bond acceptors (Lipinski definition) is 8. The lowest BCUT2D eigenvalue weighted by Crippen LogP contribution is -3.00. The Hall–Kier alpha value is -0.420. The van der Waals surface area contributed by atoms with Crippen LogP contribution in [0.25, 0.3) is 22.5 Å². The predicted molar refractivity (Wildman–Crippen MR) is 151 cm³/mol. The van der Waals surface area contributed by atoms with Crippen LogP contribution in [0.4, 0.5) is 0 Å². The van der Waals surface area contributed by atoms with Gasteiger partial charge in [0.05, 0.1) is 34.6 Å². The van der Waals surface area contributed by atoms with Gasteiger partial charge in [-0.25, -0.2) is 9.13 Å². The third-order valence-electron chi connectivity index (χ3n) is 5.86. The van der Waals surface area contributed by atoms with Crippen LogP contribution in [-0.2, 0) is 14.1 Å². The molecule has 206 valence electrons. The largest absolute Gasteiger partial charge is 1.00 e. The van der Waals surface area contributed by atoms with E-state index in [4.69, 9.17) is 0 Å². The van der Waals surface area contributed by atoms with Crippen molar-refractivity contribution >= 4 is 47.0 Å². The number of unbranched alkanes of at least 4 members (excludes halogenated alkanes) is 7. The molecular formula is C26H34I2N6S4. The van der Waals surface area contributed by atoms with Gasteiger partial charge in [-0.2, -0.15) is 17.5 Å². The Kier molecular flexibility index (Phi) is 16.7. The minimum atomic E-state index is 0. The summed E-state index contributed by atoms with van der Waals surface area (Å²) >= 11 is 6.31. The molecule has 38 heavy (non-hydrogen) atoms. The van der Waals surface area contributed by atoms with Crippen LogP contribution in [0.1, 0.15) is 51.4 Å². The molecule has 4 rings (SSSR count). The summed E-state index contributed by atoms with van der Waals surface area (Å²) in [6.07, 6.45) is 18.7. The Balaban J connectivity index is 0.00000253. The third kappa shape index (κ3) is 10.9. The first-order chi connectivity index (χ1) is 17.7. The van der Waals surface area contributed by atoms with Gasteiger partial charge in [-0.15, -0.1) is 23.5 Å². The summed E-state index contributed by atoms with van der Waals surface area (Å²) in [5.74, 6) is 2.23. The number of nitrogens with zero attached hydrogens (tertiary/aromatic N) is 6. The van der Waals surface area contributed by atoms with Crippen LogP contribution >= 0.6 is 47.0 Å². The van der Waals surface area contributed by atoms with Crippen molar-refractivity contribution in [2.75, 3.05) is 11.5 Å². The summed E-state index contributed by atoms with van der Waals surface area (Å²) in [5, 5.41) is 2.14. The number of aromatic nitrogens is 6. The Morgan fingerprint density at radius 3 is 1.39 bits per heavy atom. The van der Waals surface area contributed by atoms with Crippen LogP contribution in [-0.4, -0.2) is 29.0 Å². The lowest BCUT2D eigenvalue weighted by molar-refractivity contribution is -0.671. The molecule has 0 atom stereocenters. The van der Waals surface area contributed by atoms with E-state index in [1.807, 2.05) is 50.0 Å². The molecule has 0 bridgehead atoms. The molecule has 0 fully saturated rings. The van der Waals surface area contributed by atoms with Crippen LogP contribution in [0.3, 0.4) is 0 Å². The van der Waals surface area contributed by atoms with Gasteiger partial charge in [0.2, 0.25) is 0 Å². The summed E-state index contributed by atoms with van der Waals surface area (Å²) in [6, 6.07) is 8.33. The van der Waals surface area contributed by atoms with Gasteiger partial charge in [0.1, 0.15) is 35.5 Å². The summed E-state index contributed by atoms with van der Waals surface area (Å²) < 4.78 is 22.2. The van der Waals surface area contributed by atoms with E-state index < -0.39 is 0 Å². The smallest absolute Gasteiger partial charge is 0.178 e. The van der Waals surface area contributed by atoms with Crippen LogP contribution in [0.15, 0.2) is 59.1 Å². The maximum Gasteiger partial charge on any atom is 0.178 e. The summed E-state index contributed by atoms with van der Waals surface area (Å²) in [5.41, 5.74) is 4.33. The normalized spacial score (nSPS) is 10.7. The van der Waals surface area contributed by atoms with Gasteiger partial charge in [-0.05, 0) is 36.5 Å². The second-order valence-corrected chi connectivity index (χ2v) is 12.1. The van der Waals surface area contributed by atoms with Crippen molar-refractivity contribution in [1.82, 2.24) is 17.5 Å². The molecule has 12 heteroatoms. The van der Waals surface area contributed by atoms with Gasteiger partial charge in [-0.3, -0.25) is 0 Å². The first-order valence-electron chi connectivity index (χ1n) is 12.5. The fourth-order valence-electron chi connectivity index (χ4n) is 3.96. The maximum absolute atomic E-state index is 4.52. The molecule has 0 amide bonds. The van der Waals surface area contributed by atoms with Crippen molar-refractivity contribution in [1.29, 1.82) is 0 Å². The standard InChI is InChI=1S/C26H34N6S4.2HI/c1-31-15-11-13-21(19-31)23-25(29-35-27-23)33-17-9-7-5-3-4-6-8-10-18-34-26-24(28-36-30-26)22-14-12-16-32(2)20-22;;/h11-16,19-20H,3-10,17-18H2,1-2H3;2*1H/q+2;;/p-2. The van der Waals surface area contributed by atoms with Gasteiger partial charge < -0.3 is 48.0 Å².